The van der Waals surface area contributed by atoms with Crippen LogP contribution < -0.4 is 0 Å². The first-order chi connectivity index (χ1) is 15.5. The average Bonchev–Trinajstić information content (AvgIpc) is 3.48. The minimum Gasteiger partial charge on any atom is -0.503 e. The number of Topliss-reactive ketones (excluding diaryl/α,β-unsaturated/α-hetero) is 1. The molecule has 2 aromatic heterocycles. The summed E-state index contributed by atoms with van der Waals surface area (Å²) in [6.07, 6.45) is 9.62. The Labute approximate surface area is 190 Å². The molecule has 0 saturated heterocycles. The molecule has 1 aliphatic rings. The SMILES string of the molecule is Cc1nc(C)c(C(=O)C2=C(O)C(=O)N(CCCn3ccnc3)C2C=Cc2ccccc2)s1. The van der Waals surface area contributed by atoms with Gasteiger partial charge in [-0.05, 0) is 25.8 Å². The predicted molar refractivity (Wildman–Crippen MR) is 123 cm³/mol. The number of hydrogen-bond acceptors (Lipinski definition) is 6. The Morgan fingerprint density at radius 3 is 2.66 bits per heavy atom. The normalized spacial score (nSPS) is 16.5. The highest BCUT2D eigenvalue weighted by Gasteiger charge is 2.42. The van der Waals surface area contributed by atoms with Crippen LogP contribution >= 0.6 is 11.3 Å². The third-order valence-electron chi connectivity index (χ3n) is 5.35. The van der Waals surface area contributed by atoms with Crippen molar-refractivity contribution in [2.75, 3.05) is 6.54 Å². The van der Waals surface area contributed by atoms with E-state index < -0.39 is 17.7 Å². The Morgan fingerprint density at radius 2 is 2.00 bits per heavy atom. The Bertz CT molecular complexity index is 1180. The molecule has 1 unspecified atom stereocenters. The molecule has 7 nitrogen and oxygen atoms in total. The lowest BCUT2D eigenvalue weighted by Crippen LogP contribution is -2.36. The zero-order valence-electron chi connectivity index (χ0n) is 17.9. The first-order valence-corrected chi connectivity index (χ1v) is 11.2. The largest absolute Gasteiger partial charge is 0.503 e. The van der Waals surface area contributed by atoms with Crippen molar-refractivity contribution in [3.8, 4) is 0 Å². The third kappa shape index (κ3) is 4.40. The summed E-state index contributed by atoms with van der Waals surface area (Å²) in [7, 11) is 0. The van der Waals surface area contributed by atoms with Crippen LogP contribution in [0.3, 0.4) is 0 Å². The molecule has 1 aliphatic heterocycles. The van der Waals surface area contributed by atoms with Crippen molar-refractivity contribution >= 4 is 29.1 Å². The van der Waals surface area contributed by atoms with Gasteiger partial charge in [0.25, 0.3) is 5.91 Å². The quantitative estimate of drug-likeness (QED) is 0.527. The van der Waals surface area contributed by atoms with E-state index in [1.54, 1.807) is 24.3 Å². The number of nitrogens with zero attached hydrogens (tertiary/aromatic N) is 4. The highest BCUT2D eigenvalue weighted by atomic mass is 32.1. The first-order valence-electron chi connectivity index (χ1n) is 10.4. The summed E-state index contributed by atoms with van der Waals surface area (Å²) < 4.78 is 1.93. The number of rotatable bonds is 8. The highest BCUT2D eigenvalue weighted by Crippen LogP contribution is 2.32. The van der Waals surface area contributed by atoms with Crippen LogP contribution in [0.5, 0.6) is 0 Å². The smallest absolute Gasteiger partial charge is 0.289 e. The lowest BCUT2D eigenvalue weighted by Gasteiger charge is -2.24. The molecule has 0 spiro atoms. The van der Waals surface area contributed by atoms with Crippen LogP contribution in [0.15, 0.2) is 66.5 Å². The maximum absolute atomic E-state index is 13.4. The lowest BCUT2D eigenvalue weighted by molar-refractivity contribution is -0.128. The van der Waals surface area contributed by atoms with Crippen LogP contribution in [0.2, 0.25) is 0 Å². The fraction of sp³-hybridized carbons (Fsp3) is 0.250. The minimum atomic E-state index is -0.653. The lowest BCUT2D eigenvalue weighted by atomic mass is 10.00. The summed E-state index contributed by atoms with van der Waals surface area (Å²) in [6, 6.07) is 9.00. The molecule has 32 heavy (non-hydrogen) atoms. The standard InChI is InChI=1S/C24H24N4O3S/c1-16-23(32-17(2)26-16)21(29)20-19(10-9-18-7-4-3-5-8-18)28(24(31)22(20)30)13-6-12-27-14-11-25-15-27/h3-5,7-11,14-15,19,30H,6,12-13H2,1-2H3. The molecular weight excluding hydrogens is 424 g/mol. The number of aryl methyl sites for hydroxylation is 3. The van der Waals surface area contributed by atoms with Gasteiger partial charge >= 0.3 is 0 Å². The molecule has 1 aromatic carbocycles. The monoisotopic (exact) mass is 448 g/mol. The summed E-state index contributed by atoms with van der Waals surface area (Å²) in [5.74, 6) is -1.36. The van der Waals surface area contributed by atoms with Crippen molar-refractivity contribution in [3.05, 3.63) is 87.6 Å². The maximum atomic E-state index is 13.4. The second kappa shape index (κ2) is 9.32. The summed E-state index contributed by atoms with van der Waals surface area (Å²) in [4.78, 5) is 36.7. The van der Waals surface area contributed by atoms with E-state index in [0.29, 0.717) is 30.1 Å². The molecule has 1 atom stereocenters. The Balaban J connectivity index is 1.64. The summed E-state index contributed by atoms with van der Waals surface area (Å²) in [5, 5.41) is 11.5. The van der Waals surface area contributed by atoms with Crippen molar-refractivity contribution in [1.82, 2.24) is 19.4 Å². The van der Waals surface area contributed by atoms with Crippen molar-refractivity contribution in [2.24, 2.45) is 0 Å². The van der Waals surface area contributed by atoms with E-state index in [0.717, 1.165) is 10.6 Å². The van der Waals surface area contributed by atoms with Gasteiger partial charge in [0.1, 0.15) is 0 Å². The predicted octanol–water partition coefficient (Wildman–Crippen LogP) is 3.97. The average molecular weight is 449 g/mol. The van der Waals surface area contributed by atoms with E-state index in [4.69, 9.17) is 0 Å². The molecule has 0 fully saturated rings. The molecule has 4 rings (SSSR count). The zero-order chi connectivity index (χ0) is 22.7. The number of imidazole rings is 1. The van der Waals surface area contributed by atoms with Crippen LogP contribution in [0.4, 0.5) is 0 Å². The Hall–Kier alpha value is -3.52. The number of aromatic nitrogens is 3. The van der Waals surface area contributed by atoms with Crippen LogP contribution in [0.1, 0.15) is 32.4 Å². The van der Waals surface area contributed by atoms with Crippen LogP contribution in [-0.2, 0) is 11.3 Å². The number of amides is 1. The van der Waals surface area contributed by atoms with Crippen LogP contribution in [0, 0.1) is 13.8 Å². The number of aliphatic hydroxyl groups is 1. The molecule has 1 N–H and O–H groups in total. The van der Waals surface area contributed by atoms with Gasteiger partial charge in [-0.25, -0.2) is 9.97 Å². The van der Waals surface area contributed by atoms with Crippen molar-refractivity contribution in [2.45, 2.75) is 32.9 Å². The number of aliphatic hydroxyl groups excluding tert-OH is 1. The molecule has 164 valence electrons. The topological polar surface area (TPSA) is 88.3 Å². The van der Waals surface area contributed by atoms with Gasteiger partial charge in [-0.3, -0.25) is 9.59 Å². The van der Waals surface area contributed by atoms with Crippen LogP contribution in [-0.4, -0.2) is 48.8 Å². The number of hydrogen-bond donors (Lipinski definition) is 1. The number of benzene rings is 1. The molecule has 0 aliphatic carbocycles. The van der Waals surface area contributed by atoms with Gasteiger partial charge in [0.15, 0.2) is 5.76 Å². The fourth-order valence-electron chi connectivity index (χ4n) is 3.83. The van der Waals surface area contributed by atoms with Gasteiger partial charge in [-0.1, -0.05) is 42.5 Å². The number of thiazole rings is 1. The fourth-order valence-corrected chi connectivity index (χ4v) is 4.70. The maximum Gasteiger partial charge on any atom is 0.289 e. The number of carbonyl (C=O) groups excluding carboxylic acids is 2. The molecular formula is C24H24N4O3S. The minimum absolute atomic E-state index is 0.108. The van der Waals surface area contributed by atoms with Gasteiger partial charge in [0.05, 0.1) is 33.5 Å². The van der Waals surface area contributed by atoms with Crippen molar-refractivity contribution in [1.29, 1.82) is 0 Å². The summed E-state index contributed by atoms with van der Waals surface area (Å²) in [5.41, 5.74) is 1.66. The van der Waals surface area contributed by atoms with Gasteiger partial charge in [0, 0.05) is 25.5 Å². The second-order valence-corrected chi connectivity index (χ2v) is 8.81. The molecule has 0 bridgehead atoms. The van der Waals surface area contributed by atoms with E-state index in [2.05, 4.69) is 9.97 Å². The van der Waals surface area contributed by atoms with Crippen molar-refractivity contribution in [3.63, 3.8) is 0 Å². The van der Waals surface area contributed by atoms with Gasteiger partial charge in [-0.2, -0.15) is 0 Å². The first kappa shape index (κ1) is 21.7. The molecule has 0 radical (unpaired) electrons. The molecule has 1 amide bonds. The highest BCUT2D eigenvalue weighted by molar-refractivity contribution is 7.14. The van der Waals surface area contributed by atoms with Gasteiger partial charge in [-0.15, -0.1) is 11.3 Å². The van der Waals surface area contributed by atoms with E-state index >= 15 is 0 Å². The Morgan fingerprint density at radius 1 is 1.22 bits per heavy atom. The van der Waals surface area contributed by atoms with Crippen molar-refractivity contribution < 1.29 is 14.7 Å². The van der Waals surface area contributed by atoms with Gasteiger partial charge < -0.3 is 14.6 Å². The summed E-state index contributed by atoms with van der Waals surface area (Å²) >= 11 is 1.28. The molecule has 3 heterocycles. The number of ketones is 1. The Kier molecular flexibility index (Phi) is 6.32. The second-order valence-electron chi connectivity index (χ2n) is 7.61. The van der Waals surface area contributed by atoms with E-state index in [-0.39, 0.29) is 11.4 Å². The van der Waals surface area contributed by atoms with Crippen LogP contribution in [0.25, 0.3) is 6.08 Å². The molecule has 0 saturated carbocycles. The molecule has 3 aromatic rings. The molecule has 8 heteroatoms. The zero-order valence-corrected chi connectivity index (χ0v) is 18.7. The number of carbonyl (C=O) groups is 2. The van der Waals surface area contributed by atoms with E-state index in [1.165, 1.54) is 11.3 Å². The third-order valence-corrected chi connectivity index (χ3v) is 6.42. The summed E-state index contributed by atoms with van der Waals surface area (Å²) in [6.45, 7) is 4.67. The van der Waals surface area contributed by atoms with E-state index in [9.17, 15) is 14.7 Å². The van der Waals surface area contributed by atoms with E-state index in [1.807, 2.05) is 60.2 Å². The van der Waals surface area contributed by atoms with Gasteiger partial charge in [0.2, 0.25) is 5.78 Å².